The number of fused-ring (bicyclic) bond motifs is 2. The molecule has 3 heterocycles. The van der Waals surface area contributed by atoms with Gasteiger partial charge in [0.2, 0.25) is 0 Å². The van der Waals surface area contributed by atoms with Gasteiger partial charge in [0.1, 0.15) is 5.82 Å². The third kappa shape index (κ3) is 2.24. The summed E-state index contributed by atoms with van der Waals surface area (Å²) in [5.74, 6) is 0.917. The van der Waals surface area contributed by atoms with Crippen molar-refractivity contribution in [1.82, 2.24) is 14.9 Å². The summed E-state index contributed by atoms with van der Waals surface area (Å²) in [4.78, 5) is 11.8. The predicted molar refractivity (Wildman–Crippen MR) is 80.8 cm³/mol. The van der Waals surface area contributed by atoms with E-state index in [1.165, 1.54) is 38.8 Å². The zero-order valence-electron chi connectivity index (χ0n) is 11.6. The van der Waals surface area contributed by atoms with Crippen molar-refractivity contribution < 1.29 is 0 Å². The molecule has 1 aromatic heterocycles. The van der Waals surface area contributed by atoms with Crippen LogP contribution in [0.3, 0.4) is 0 Å². The largest absolute Gasteiger partial charge is 0.366 e. The number of rotatable bonds is 2. The maximum absolute atomic E-state index is 4.67. The maximum Gasteiger partial charge on any atom is 0.145 e. The van der Waals surface area contributed by atoms with E-state index < -0.39 is 0 Å². The van der Waals surface area contributed by atoms with Crippen molar-refractivity contribution in [3.8, 4) is 0 Å². The lowest BCUT2D eigenvalue weighted by atomic mass is 9.98. The van der Waals surface area contributed by atoms with Crippen molar-refractivity contribution >= 4 is 16.9 Å². The molecule has 4 nitrogen and oxygen atoms in total. The van der Waals surface area contributed by atoms with Gasteiger partial charge in [0, 0.05) is 18.6 Å². The van der Waals surface area contributed by atoms with Crippen molar-refractivity contribution in [1.29, 1.82) is 0 Å². The highest BCUT2D eigenvalue weighted by Gasteiger charge is 2.31. The molecule has 0 bridgehead atoms. The maximum atomic E-state index is 4.67. The van der Waals surface area contributed by atoms with E-state index in [0.717, 1.165) is 22.9 Å². The molecular formula is C16H20N4. The molecule has 104 valence electrons. The minimum atomic E-state index is 0.546. The molecule has 2 fully saturated rings. The van der Waals surface area contributed by atoms with Crippen LogP contribution in [0.1, 0.15) is 25.7 Å². The molecule has 0 spiro atoms. The van der Waals surface area contributed by atoms with Gasteiger partial charge in [0.25, 0.3) is 0 Å². The van der Waals surface area contributed by atoms with Crippen LogP contribution in [0, 0.1) is 0 Å². The molecule has 4 heteroatoms. The number of nitrogens with zero attached hydrogens (tertiary/aromatic N) is 3. The molecule has 2 aliphatic rings. The molecule has 2 aliphatic heterocycles. The molecule has 2 unspecified atom stereocenters. The molecule has 0 saturated carbocycles. The van der Waals surface area contributed by atoms with E-state index in [9.17, 15) is 0 Å². The minimum Gasteiger partial charge on any atom is -0.366 e. The highest BCUT2D eigenvalue weighted by Crippen LogP contribution is 2.28. The summed E-state index contributed by atoms with van der Waals surface area (Å²) >= 11 is 0. The van der Waals surface area contributed by atoms with E-state index in [1.807, 2.05) is 30.5 Å². The zero-order chi connectivity index (χ0) is 13.4. The second-order valence-electron chi connectivity index (χ2n) is 5.94. The van der Waals surface area contributed by atoms with Gasteiger partial charge in [-0.05, 0) is 44.4 Å². The first kappa shape index (κ1) is 12.1. The molecule has 0 aliphatic carbocycles. The molecule has 0 radical (unpaired) electrons. The van der Waals surface area contributed by atoms with E-state index in [4.69, 9.17) is 0 Å². The molecule has 1 aromatic carbocycles. The second-order valence-corrected chi connectivity index (χ2v) is 5.94. The molecule has 2 aromatic rings. The topological polar surface area (TPSA) is 41.1 Å². The summed E-state index contributed by atoms with van der Waals surface area (Å²) in [7, 11) is 0. The van der Waals surface area contributed by atoms with E-state index >= 15 is 0 Å². The van der Waals surface area contributed by atoms with E-state index in [0.29, 0.717) is 6.04 Å². The van der Waals surface area contributed by atoms with Crippen LogP contribution in [0.5, 0.6) is 0 Å². The van der Waals surface area contributed by atoms with Crippen LogP contribution in [0.15, 0.2) is 30.5 Å². The molecule has 0 amide bonds. The van der Waals surface area contributed by atoms with Gasteiger partial charge in [-0.25, -0.2) is 4.98 Å². The Kier molecular flexibility index (Phi) is 3.03. The Balaban J connectivity index is 1.49. The fourth-order valence-electron chi connectivity index (χ4n) is 3.59. The molecule has 2 atom stereocenters. The molecule has 4 rings (SSSR count). The Hall–Kier alpha value is -1.68. The van der Waals surface area contributed by atoms with Gasteiger partial charge < -0.3 is 10.2 Å². The Bertz CT molecular complexity index is 612. The van der Waals surface area contributed by atoms with Crippen LogP contribution in [0.4, 0.5) is 5.82 Å². The third-order valence-electron chi connectivity index (χ3n) is 4.62. The number of para-hydroxylation sites is 2. The summed E-state index contributed by atoms with van der Waals surface area (Å²) in [6, 6.07) is 9.37. The quantitative estimate of drug-likeness (QED) is 0.909. The third-order valence-corrected chi connectivity index (χ3v) is 4.62. The van der Waals surface area contributed by atoms with Crippen molar-refractivity contribution in [2.45, 2.75) is 37.8 Å². The Morgan fingerprint density at radius 1 is 1.10 bits per heavy atom. The number of benzene rings is 1. The van der Waals surface area contributed by atoms with E-state index in [-0.39, 0.29) is 0 Å². The summed E-state index contributed by atoms with van der Waals surface area (Å²) < 4.78 is 0. The van der Waals surface area contributed by atoms with Crippen molar-refractivity contribution in [3.63, 3.8) is 0 Å². The molecule has 20 heavy (non-hydrogen) atoms. The van der Waals surface area contributed by atoms with Crippen molar-refractivity contribution in [3.05, 3.63) is 30.5 Å². The number of piperidine rings is 1. The second kappa shape index (κ2) is 5.02. The van der Waals surface area contributed by atoms with Crippen molar-refractivity contribution in [2.24, 2.45) is 0 Å². The molecular weight excluding hydrogens is 248 g/mol. The van der Waals surface area contributed by atoms with Gasteiger partial charge in [0.15, 0.2) is 0 Å². The highest BCUT2D eigenvalue weighted by molar-refractivity contribution is 5.75. The average molecular weight is 268 g/mol. The van der Waals surface area contributed by atoms with Crippen LogP contribution < -0.4 is 5.32 Å². The summed E-state index contributed by atoms with van der Waals surface area (Å²) in [5, 5.41) is 3.59. The smallest absolute Gasteiger partial charge is 0.145 e. The highest BCUT2D eigenvalue weighted by atomic mass is 15.2. The lowest BCUT2D eigenvalue weighted by molar-refractivity contribution is 0.188. The molecule has 1 N–H and O–H groups in total. The van der Waals surface area contributed by atoms with Gasteiger partial charge >= 0.3 is 0 Å². The van der Waals surface area contributed by atoms with E-state index in [2.05, 4.69) is 20.2 Å². The summed E-state index contributed by atoms with van der Waals surface area (Å²) in [5.41, 5.74) is 1.93. The Labute approximate surface area is 119 Å². The van der Waals surface area contributed by atoms with Crippen LogP contribution in [-0.2, 0) is 0 Å². The number of hydrogen-bond donors (Lipinski definition) is 1. The minimum absolute atomic E-state index is 0.546. The van der Waals surface area contributed by atoms with Gasteiger partial charge in [-0.2, -0.15) is 0 Å². The lowest BCUT2D eigenvalue weighted by Crippen LogP contribution is -2.42. The lowest BCUT2D eigenvalue weighted by Gasteiger charge is -2.35. The number of hydrogen-bond acceptors (Lipinski definition) is 4. The number of aromatic nitrogens is 2. The van der Waals surface area contributed by atoms with Gasteiger partial charge in [-0.15, -0.1) is 0 Å². The number of anilines is 1. The average Bonchev–Trinajstić information content (AvgIpc) is 2.95. The summed E-state index contributed by atoms with van der Waals surface area (Å²) in [6.45, 7) is 2.52. The van der Waals surface area contributed by atoms with Gasteiger partial charge in [-0.1, -0.05) is 12.1 Å². The normalized spacial score (nSPS) is 26.6. The van der Waals surface area contributed by atoms with E-state index in [1.54, 1.807) is 0 Å². The first-order chi connectivity index (χ1) is 9.88. The Morgan fingerprint density at radius 3 is 2.95 bits per heavy atom. The van der Waals surface area contributed by atoms with Crippen LogP contribution in [0.2, 0.25) is 0 Å². The van der Waals surface area contributed by atoms with Crippen LogP contribution in [0.25, 0.3) is 11.0 Å². The fraction of sp³-hybridized carbons (Fsp3) is 0.500. The van der Waals surface area contributed by atoms with Gasteiger partial charge in [0.05, 0.1) is 17.2 Å². The van der Waals surface area contributed by atoms with Crippen LogP contribution in [-0.4, -0.2) is 40.0 Å². The first-order valence-electron chi connectivity index (χ1n) is 7.61. The fourth-order valence-corrected chi connectivity index (χ4v) is 3.59. The predicted octanol–water partition coefficient (Wildman–Crippen LogP) is 2.67. The van der Waals surface area contributed by atoms with Crippen LogP contribution >= 0.6 is 0 Å². The zero-order valence-corrected chi connectivity index (χ0v) is 11.6. The summed E-state index contributed by atoms with van der Waals surface area (Å²) in [6.07, 6.45) is 7.05. The standard InChI is InChI=1S/C16H20N4/c1-2-6-15-14(5-1)17-11-16(19-15)18-12-7-9-20-8-3-4-13(20)10-12/h1-2,5-6,11-13H,3-4,7-10H2,(H,18,19). The van der Waals surface area contributed by atoms with Crippen molar-refractivity contribution in [2.75, 3.05) is 18.4 Å². The van der Waals surface area contributed by atoms with Gasteiger partial charge in [-0.3, -0.25) is 4.98 Å². The molecule has 2 saturated heterocycles. The SMILES string of the molecule is c1ccc2nc(NC3CCN4CCCC4C3)cnc2c1. The number of nitrogens with one attached hydrogen (secondary N) is 1. The Morgan fingerprint density at radius 2 is 2.00 bits per heavy atom. The monoisotopic (exact) mass is 268 g/mol. The first-order valence-corrected chi connectivity index (χ1v) is 7.61.